The lowest BCUT2D eigenvalue weighted by Gasteiger charge is -2.27. The molecule has 1 saturated heterocycles. The number of likely N-dealkylation sites (tertiary alicyclic amines) is 1. The van der Waals surface area contributed by atoms with Crippen molar-refractivity contribution in [1.82, 2.24) is 4.90 Å². The third-order valence-corrected chi connectivity index (χ3v) is 5.39. The molecule has 5 nitrogen and oxygen atoms in total. The fraction of sp³-hybridized carbons (Fsp3) is 0.682. The standard InChI is InChI=1S/C22H36N2O3/c1-4-5-6-14-22(2,26-3)21(25)23-19-10-12-20(13-11-19)27-18-9-17-24-15-7-8-16-24/h10-13H,4-9,14-18H2,1-3H3,(H,23,25). The Morgan fingerprint density at radius 1 is 1.15 bits per heavy atom. The van der Waals surface area contributed by atoms with Gasteiger partial charge in [-0.1, -0.05) is 26.2 Å². The van der Waals surface area contributed by atoms with Gasteiger partial charge in [-0.2, -0.15) is 0 Å². The zero-order chi connectivity index (χ0) is 19.5. The van der Waals surface area contributed by atoms with E-state index in [4.69, 9.17) is 9.47 Å². The highest BCUT2D eigenvalue weighted by atomic mass is 16.5. The summed E-state index contributed by atoms with van der Waals surface area (Å²) >= 11 is 0. The number of rotatable bonds is 12. The number of amides is 1. The van der Waals surface area contributed by atoms with Crippen molar-refractivity contribution in [2.24, 2.45) is 0 Å². The molecule has 1 heterocycles. The first-order chi connectivity index (χ1) is 13.1. The molecule has 0 bridgehead atoms. The summed E-state index contributed by atoms with van der Waals surface area (Å²) in [5, 5.41) is 2.97. The van der Waals surface area contributed by atoms with Crippen molar-refractivity contribution >= 4 is 11.6 Å². The van der Waals surface area contributed by atoms with Crippen LogP contribution in [0.25, 0.3) is 0 Å². The van der Waals surface area contributed by atoms with Gasteiger partial charge in [-0.25, -0.2) is 0 Å². The van der Waals surface area contributed by atoms with Crippen molar-refractivity contribution in [3.8, 4) is 5.75 Å². The third kappa shape index (κ3) is 7.15. The molecule has 1 amide bonds. The fourth-order valence-corrected chi connectivity index (χ4v) is 3.40. The van der Waals surface area contributed by atoms with E-state index in [9.17, 15) is 4.79 Å². The Morgan fingerprint density at radius 3 is 2.48 bits per heavy atom. The SMILES string of the molecule is CCCCCC(C)(OC)C(=O)Nc1ccc(OCCCN2CCCC2)cc1. The zero-order valence-electron chi connectivity index (χ0n) is 17.3. The van der Waals surface area contributed by atoms with E-state index in [0.29, 0.717) is 0 Å². The van der Waals surface area contributed by atoms with E-state index in [1.54, 1.807) is 7.11 Å². The van der Waals surface area contributed by atoms with Crippen LogP contribution in [0, 0.1) is 0 Å². The molecule has 5 heteroatoms. The van der Waals surface area contributed by atoms with Gasteiger partial charge in [-0.3, -0.25) is 4.79 Å². The summed E-state index contributed by atoms with van der Waals surface area (Å²) in [7, 11) is 1.60. The van der Waals surface area contributed by atoms with E-state index < -0.39 is 5.60 Å². The van der Waals surface area contributed by atoms with Crippen molar-refractivity contribution in [3.63, 3.8) is 0 Å². The molecule has 1 aliphatic rings. The van der Waals surface area contributed by atoms with Gasteiger partial charge < -0.3 is 19.7 Å². The van der Waals surface area contributed by atoms with Gasteiger partial charge in [0.25, 0.3) is 5.91 Å². The van der Waals surface area contributed by atoms with Crippen LogP contribution in [-0.2, 0) is 9.53 Å². The van der Waals surface area contributed by atoms with Gasteiger partial charge in [-0.15, -0.1) is 0 Å². The molecule has 152 valence electrons. The number of carbonyl (C=O) groups excluding carboxylic acids is 1. The number of methoxy groups -OCH3 is 1. The Labute approximate surface area is 164 Å². The summed E-state index contributed by atoms with van der Waals surface area (Å²) in [6.45, 7) is 8.31. The summed E-state index contributed by atoms with van der Waals surface area (Å²) in [6.07, 6.45) is 7.64. The average molecular weight is 377 g/mol. The Hall–Kier alpha value is -1.59. The minimum Gasteiger partial charge on any atom is -0.494 e. The van der Waals surface area contributed by atoms with Crippen LogP contribution in [0.4, 0.5) is 5.69 Å². The Kier molecular flexibility index (Phi) is 9.08. The van der Waals surface area contributed by atoms with Crippen LogP contribution in [0.1, 0.15) is 58.8 Å². The van der Waals surface area contributed by atoms with Gasteiger partial charge in [0.05, 0.1) is 6.61 Å². The number of hydrogen-bond donors (Lipinski definition) is 1. The van der Waals surface area contributed by atoms with E-state index in [1.807, 2.05) is 31.2 Å². The summed E-state index contributed by atoms with van der Waals surface area (Å²) in [5.41, 5.74) is -0.0249. The molecule has 27 heavy (non-hydrogen) atoms. The van der Waals surface area contributed by atoms with Gasteiger partial charge in [0.15, 0.2) is 0 Å². The van der Waals surface area contributed by atoms with Crippen LogP contribution in [0.5, 0.6) is 5.75 Å². The molecule has 0 radical (unpaired) electrons. The van der Waals surface area contributed by atoms with E-state index in [1.165, 1.54) is 25.9 Å². The lowest BCUT2D eigenvalue weighted by atomic mass is 9.97. The molecule has 1 unspecified atom stereocenters. The number of anilines is 1. The zero-order valence-corrected chi connectivity index (χ0v) is 17.3. The highest BCUT2D eigenvalue weighted by molar-refractivity contribution is 5.97. The molecule has 1 aliphatic heterocycles. The van der Waals surface area contributed by atoms with Crippen LogP contribution in [0.2, 0.25) is 0 Å². The molecule has 0 saturated carbocycles. The number of carbonyl (C=O) groups is 1. The van der Waals surface area contributed by atoms with Crippen LogP contribution in [0.15, 0.2) is 24.3 Å². The maximum atomic E-state index is 12.6. The number of benzene rings is 1. The molecule has 0 aromatic heterocycles. The van der Waals surface area contributed by atoms with Crippen molar-refractivity contribution < 1.29 is 14.3 Å². The largest absolute Gasteiger partial charge is 0.494 e. The minimum atomic E-state index is -0.792. The topological polar surface area (TPSA) is 50.8 Å². The predicted molar refractivity (Wildman–Crippen MR) is 110 cm³/mol. The van der Waals surface area contributed by atoms with Crippen LogP contribution in [-0.4, -0.2) is 49.8 Å². The summed E-state index contributed by atoms with van der Waals surface area (Å²) in [4.78, 5) is 15.1. The number of ether oxygens (including phenoxy) is 2. The summed E-state index contributed by atoms with van der Waals surface area (Å²) in [6, 6.07) is 7.59. The van der Waals surface area contributed by atoms with E-state index in [2.05, 4.69) is 17.1 Å². The van der Waals surface area contributed by atoms with Crippen molar-refractivity contribution in [1.29, 1.82) is 0 Å². The Bertz CT molecular complexity index is 555. The normalized spacial score (nSPS) is 16.9. The second-order valence-electron chi connectivity index (χ2n) is 7.62. The van der Waals surface area contributed by atoms with Gasteiger partial charge in [0.2, 0.25) is 0 Å². The third-order valence-electron chi connectivity index (χ3n) is 5.39. The van der Waals surface area contributed by atoms with Crippen LogP contribution < -0.4 is 10.1 Å². The van der Waals surface area contributed by atoms with Gasteiger partial charge in [0.1, 0.15) is 11.4 Å². The first-order valence-corrected chi connectivity index (χ1v) is 10.4. The molecule has 1 aromatic rings. The predicted octanol–water partition coefficient (Wildman–Crippen LogP) is 4.48. The molecule has 1 N–H and O–H groups in total. The van der Waals surface area contributed by atoms with Crippen molar-refractivity contribution in [2.45, 2.75) is 64.4 Å². The first-order valence-electron chi connectivity index (χ1n) is 10.4. The van der Waals surface area contributed by atoms with Gasteiger partial charge in [0, 0.05) is 19.3 Å². The molecule has 1 aromatic carbocycles. The van der Waals surface area contributed by atoms with Crippen LogP contribution in [0.3, 0.4) is 0 Å². The minimum absolute atomic E-state index is 0.0969. The quantitative estimate of drug-likeness (QED) is 0.547. The molecular formula is C22H36N2O3. The highest BCUT2D eigenvalue weighted by Gasteiger charge is 2.32. The maximum Gasteiger partial charge on any atom is 0.256 e. The average Bonchev–Trinajstić information content (AvgIpc) is 3.20. The summed E-state index contributed by atoms with van der Waals surface area (Å²) < 4.78 is 11.3. The molecule has 0 spiro atoms. The lowest BCUT2D eigenvalue weighted by molar-refractivity contribution is -0.136. The van der Waals surface area contributed by atoms with E-state index in [-0.39, 0.29) is 5.91 Å². The van der Waals surface area contributed by atoms with Crippen LogP contribution >= 0.6 is 0 Å². The number of unbranched alkanes of at least 4 members (excludes halogenated alkanes) is 2. The van der Waals surface area contributed by atoms with Crippen molar-refractivity contribution in [2.75, 3.05) is 38.7 Å². The maximum absolute atomic E-state index is 12.6. The Balaban J connectivity index is 1.75. The molecule has 2 rings (SSSR count). The Morgan fingerprint density at radius 2 is 1.85 bits per heavy atom. The van der Waals surface area contributed by atoms with Gasteiger partial charge >= 0.3 is 0 Å². The molecule has 0 aliphatic carbocycles. The molecular weight excluding hydrogens is 340 g/mol. The first kappa shape index (κ1) is 21.7. The monoisotopic (exact) mass is 376 g/mol. The molecule has 1 atom stereocenters. The second kappa shape index (κ2) is 11.3. The van der Waals surface area contributed by atoms with E-state index in [0.717, 1.165) is 56.7 Å². The second-order valence-corrected chi connectivity index (χ2v) is 7.62. The summed E-state index contributed by atoms with van der Waals surface area (Å²) in [5.74, 6) is 0.743. The number of nitrogens with zero attached hydrogens (tertiary/aromatic N) is 1. The smallest absolute Gasteiger partial charge is 0.256 e. The van der Waals surface area contributed by atoms with E-state index >= 15 is 0 Å². The van der Waals surface area contributed by atoms with Crippen molar-refractivity contribution in [3.05, 3.63) is 24.3 Å². The molecule has 1 fully saturated rings. The van der Waals surface area contributed by atoms with Gasteiger partial charge in [-0.05, 0) is 70.0 Å². The highest BCUT2D eigenvalue weighted by Crippen LogP contribution is 2.22. The fourth-order valence-electron chi connectivity index (χ4n) is 3.40. The number of nitrogens with one attached hydrogen (secondary N) is 1. The number of hydrogen-bond acceptors (Lipinski definition) is 4. The lowest BCUT2D eigenvalue weighted by Crippen LogP contribution is -2.41.